The Kier molecular flexibility index (Phi) is 2.52. The van der Waals surface area contributed by atoms with E-state index in [1.165, 1.54) is 0 Å². The summed E-state index contributed by atoms with van der Waals surface area (Å²) in [6, 6.07) is 0. The van der Waals surface area contributed by atoms with E-state index in [4.69, 9.17) is 9.84 Å². The van der Waals surface area contributed by atoms with Gasteiger partial charge in [-0.25, -0.2) is 4.79 Å². The van der Waals surface area contributed by atoms with Gasteiger partial charge in [-0.2, -0.15) is 0 Å². The summed E-state index contributed by atoms with van der Waals surface area (Å²) in [5.74, 6) is -0.853. The molecule has 0 aromatic carbocycles. The van der Waals surface area contributed by atoms with Gasteiger partial charge in [-0.05, 0) is 32.3 Å². The van der Waals surface area contributed by atoms with E-state index in [2.05, 4.69) is 0 Å². The Hall–Kier alpha value is -0.990. The van der Waals surface area contributed by atoms with Gasteiger partial charge in [0.25, 0.3) is 0 Å². The number of allylic oxidation sites excluding steroid dienone is 1. The molecule has 11 heavy (non-hydrogen) atoms. The van der Waals surface area contributed by atoms with Crippen molar-refractivity contribution in [2.75, 3.05) is 0 Å². The van der Waals surface area contributed by atoms with Gasteiger partial charge in [-0.15, -0.1) is 0 Å². The van der Waals surface area contributed by atoms with Crippen LogP contribution in [0.25, 0.3) is 0 Å². The molecule has 1 heterocycles. The first-order valence-corrected chi connectivity index (χ1v) is 3.80. The van der Waals surface area contributed by atoms with Crippen LogP contribution >= 0.6 is 0 Å². The van der Waals surface area contributed by atoms with Crippen LogP contribution in [0.1, 0.15) is 26.2 Å². The molecule has 0 aromatic rings. The normalized spacial score (nSPS) is 24.8. The lowest BCUT2D eigenvalue weighted by Gasteiger charge is -2.10. The predicted molar refractivity (Wildman–Crippen MR) is 40.1 cm³/mol. The van der Waals surface area contributed by atoms with Crippen molar-refractivity contribution in [3.63, 3.8) is 0 Å². The third kappa shape index (κ3) is 2.26. The molecule has 1 unspecified atom stereocenters. The number of carboxylic acids is 1. The summed E-state index contributed by atoms with van der Waals surface area (Å²) in [4.78, 5) is 10.5. The Labute approximate surface area is 65.7 Å². The fourth-order valence-electron chi connectivity index (χ4n) is 1.10. The van der Waals surface area contributed by atoms with E-state index >= 15 is 0 Å². The first-order valence-electron chi connectivity index (χ1n) is 3.80. The highest BCUT2D eigenvalue weighted by atomic mass is 16.5. The number of rotatable bonds is 1. The lowest BCUT2D eigenvalue weighted by Crippen LogP contribution is -2.11. The summed E-state index contributed by atoms with van der Waals surface area (Å²) < 4.78 is 5.13. The van der Waals surface area contributed by atoms with Crippen molar-refractivity contribution in [2.24, 2.45) is 0 Å². The molecule has 0 spiro atoms. The van der Waals surface area contributed by atoms with Crippen LogP contribution in [0.2, 0.25) is 0 Å². The SMILES string of the molecule is CC1CCCC=C(C(=O)O)O1. The Bertz CT molecular complexity index is 184. The Morgan fingerprint density at radius 3 is 3.18 bits per heavy atom. The highest BCUT2D eigenvalue weighted by Crippen LogP contribution is 2.15. The van der Waals surface area contributed by atoms with Crippen LogP contribution in [-0.2, 0) is 9.53 Å². The lowest BCUT2D eigenvalue weighted by molar-refractivity contribution is -0.137. The van der Waals surface area contributed by atoms with Crippen LogP contribution in [0.3, 0.4) is 0 Å². The minimum atomic E-state index is -0.959. The van der Waals surface area contributed by atoms with Gasteiger partial charge in [0.15, 0.2) is 0 Å². The van der Waals surface area contributed by atoms with Gasteiger partial charge in [0, 0.05) is 0 Å². The van der Waals surface area contributed by atoms with E-state index < -0.39 is 5.97 Å². The number of aliphatic carboxylic acids is 1. The van der Waals surface area contributed by atoms with Crippen LogP contribution < -0.4 is 0 Å². The molecule has 0 radical (unpaired) electrons. The van der Waals surface area contributed by atoms with Gasteiger partial charge in [0.1, 0.15) is 0 Å². The monoisotopic (exact) mass is 156 g/mol. The lowest BCUT2D eigenvalue weighted by atomic mass is 10.2. The molecule has 1 aliphatic heterocycles. The first kappa shape index (κ1) is 8.11. The van der Waals surface area contributed by atoms with E-state index in [0.29, 0.717) is 0 Å². The molecule has 1 rings (SSSR count). The summed E-state index contributed by atoms with van der Waals surface area (Å²) in [6.45, 7) is 1.89. The van der Waals surface area contributed by atoms with Gasteiger partial charge in [0.05, 0.1) is 6.10 Å². The summed E-state index contributed by atoms with van der Waals surface area (Å²) in [7, 11) is 0. The van der Waals surface area contributed by atoms with E-state index in [0.717, 1.165) is 19.3 Å². The highest BCUT2D eigenvalue weighted by Gasteiger charge is 2.15. The molecule has 3 heteroatoms. The predicted octanol–water partition coefficient (Wildman–Crippen LogP) is 1.54. The van der Waals surface area contributed by atoms with Crippen molar-refractivity contribution in [3.8, 4) is 0 Å². The molecule has 1 atom stereocenters. The van der Waals surface area contributed by atoms with Crippen molar-refractivity contribution in [3.05, 3.63) is 11.8 Å². The zero-order valence-corrected chi connectivity index (χ0v) is 6.54. The molecule has 62 valence electrons. The maximum absolute atomic E-state index is 10.5. The zero-order chi connectivity index (χ0) is 8.27. The maximum atomic E-state index is 10.5. The summed E-state index contributed by atoms with van der Waals surface area (Å²) in [6.07, 6.45) is 4.45. The molecule has 0 saturated carbocycles. The molecule has 0 bridgehead atoms. The Morgan fingerprint density at radius 1 is 1.82 bits per heavy atom. The average molecular weight is 156 g/mol. The van der Waals surface area contributed by atoms with Crippen molar-refractivity contribution in [2.45, 2.75) is 32.3 Å². The minimum absolute atomic E-state index is 0.0415. The highest BCUT2D eigenvalue weighted by molar-refractivity contribution is 5.84. The topological polar surface area (TPSA) is 46.5 Å². The van der Waals surface area contributed by atoms with E-state index in [1.807, 2.05) is 6.92 Å². The van der Waals surface area contributed by atoms with Crippen LogP contribution in [-0.4, -0.2) is 17.2 Å². The minimum Gasteiger partial charge on any atom is -0.484 e. The molecular weight excluding hydrogens is 144 g/mol. The quantitative estimate of drug-likeness (QED) is 0.626. The number of carbonyl (C=O) groups is 1. The molecular formula is C8H12O3. The van der Waals surface area contributed by atoms with Crippen LogP contribution in [0, 0.1) is 0 Å². The van der Waals surface area contributed by atoms with Crippen molar-refractivity contribution < 1.29 is 14.6 Å². The molecule has 1 N–H and O–H groups in total. The van der Waals surface area contributed by atoms with Gasteiger partial charge < -0.3 is 9.84 Å². The van der Waals surface area contributed by atoms with Crippen molar-refractivity contribution in [1.82, 2.24) is 0 Å². The first-order chi connectivity index (χ1) is 5.20. The number of hydrogen-bond acceptors (Lipinski definition) is 2. The Balaban J connectivity index is 2.62. The third-order valence-electron chi connectivity index (χ3n) is 1.68. The fraction of sp³-hybridized carbons (Fsp3) is 0.625. The van der Waals surface area contributed by atoms with Crippen molar-refractivity contribution >= 4 is 5.97 Å². The smallest absolute Gasteiger partial charge is 0.370 e. The zero-order valence-electron chi connectivity index (χ0n) is 6.54. The molecule has 3 nitrogen and oxygen atoms in total. The van der Waals surface area contributed by atoms with Gasteiger partial charge in [0.2, 0.25) is 5.76 Å². The third-order valence-corrected chi connectivity index (χ3v) is 1.68. The van der Waals surface area contributed by atoms with E-state index in [-0.39, 0.29) is 11.9 Å². The molecule has 1 aliphatic rings. The van der Waals surface area contributed by atoms with E-state index in [9.17, 15) is 4.79 Å². The summed E-state index contributed by atoms with van der Waals surface area (Å²) in [5.41, 5.74) is 0. The molecule has 0 aromatic heterocycles. The second-order valence-corrected chi connectivity index (χ2v) is 2.73. The second-order valence-electron chi connectivity index (χ2n) is 2.73. The molecule has 0 aliphatic carbocycles. The molecule has 0 saturated heterocycles. The van der Waals surface area contributed by atoms with Gasteiger partial charge in [-0.3, -0.25) is 0 Å². The van der Waals surface area contributed by atoms with Crippen LogP contribution in [0.15, 0.2) is 11.8 Å². The number of ether oxygens (including phenoxy) is 1. The van der Waals surface area contributed by atoms with Gasteiger partial charge in [-0.1, -0.05) is 0 Å². The number of carboxylic acid groups (broad SMARTS) is 1. The van der Waals surface area contributed by atoms with Crippen LogP contribution in [0.4, 0.5) is 0 Å². The van der Waals surface area contributed by atoms with Gasteiger partial charge >= 0.3 is 5.97 Å². The summed E-state index contributed by atoms with van der Waals surface area (Å²) in [5, 5.41) is 8.59. The van der Waals surface area contributed by atoms with Crippen molar-refractivity contribution in [1.29, 1.82) is 0 Å². The van der Waals surface area contributed by atoms with E-state index in [1.54, 1.807) is 6.08 Å². The summed E-state index contributed by atoms with van der Waals surface area (Å²) >= 11 is 0. The molecule has 0 amide bonds. The number of hydrogen-bond donors (Lipinski definition) is 1. The Morgan fingerprint density at radius 2 is 2.55 bits per heavy atom. The van der Waals surface area contributed by atoms with Crippen LogP contribution in [0.5, 0.6) is 0 Å². The fourth-order valence-corrected chi connectivity index (χ4v) is 1.10. The maximum Gasteiger partial charge on any atom is 0.370 e. The second kappa shape index (κ2) is 3.42. The largest absolute Gasteiger partial charge is 0.484 e. The standard InChI is InChI=1S/C8H12O3/c1-6-4-2-3-5-7(11-6)8(9)10/h5-6H,2-4H2,1H3,(H,9,10). The average Bonchev–Trinajstić information content (AvgIpc) is 2.13. The molecule has 0 fully saturated rings.